The number of fused-ring (bicyclic) bond motifs is 2. The van der Waals surface area contributed by atoms with Crippen molar-refractivity contribution in [1.29, 1.82) is 0 Å². The number of imidazole rings is 1. The fraction of sp³-hybridized carbons (Fsp3) is 0.480. The van der Waals surface area contributed by atoms with E-state index < -0.39 is 0 Å². The van der Waals surface area contributed by atoms with Crippen LogP contribution in [0.25, 0.3) is 27.8 Å². The highest BCUT2D eigenvalue weighted by Crippen LogP contribution is 2.36. The predicted molar refractivity (Wildman–Crippen MR) is 130 cm³/mol. The second kappa shape index (κ2) is 8.33. The molecule has 8 heteroatoms. The molecule has 0 unspecified atom stereocenters. The largest absolute Gasteiger partial charge is 0.493 e. The maximum atomic E-state index is 13.1. The monoisotopic (exact) mass is 448 g/mol. The molecule has 1 atom stereocenters. The lowest BCUT2D eigenvalue weighted by molar-refractivity contribution is 0.143. The molecule has 1 aromatic carbocycles. The Labute approximate surface area is 193 Å². The number of likely N-dealkylation sites (tertiary alicyclic amines) is 1. The zero-order chi connectivity index (χ0) is 23.3. The molecule has 0 spiro atoms. The van der Waals surface area contributed by atoms with Crippen molar-refractivity contribution in [2.45, 2.75) is 58.5 Å². The Balaban J connectivity index is 1.67. The summed E-state index contributed by atoms with van der Waals surface area (Å²) in [7, 11) is 1.64. The number of nitrogens with zero attached hydrogens (tertiary/aromatic N) is 5. The Kier molecular flexibility index (Phi) is 5.48. The lowest BCUT2D eigenvalue weighted by Crippen LogP contribution is -2.42. The third-order valence-electron chi connectivity index (χ3n) is 6.91. The van der Waals surface area contributed by atoms with Gasteiger partial charge in [0.25, 0.3) is 0 Å². The molecule has 4 heterocycles. The summed E-state index contributed by atoms with van der Waals surface area (Å²) in [6.07, 6.45) is 5.62. The smallest absolute Gasteiger partial charge is 0.326 e. The number of pyridine rings is 1. The van der Waals surface area contributed by atoms with Gasteiger partial charge in [0.15, 0.2) is 11.4 Å². The molecule has 0 aliphatic carbocycles. The number of H-pyrrole nitrogens is 1. The van der Waals surface area contributed by atoms with Gasteiger partial charge < -0.3 is 9.72 Å². The maximum absolute atomic E-state index is 13.1. The van der Waals surface area contributed by atoms with Crippen molar-refractivity contribution in [1.82, 2.24) is 29.0 Å². The molecule has 33 heavy (non-hydrogen) atoms. The summed E-state index contributed by atoms with van der Waals surface area (Å²) >= 11 is 0. The lowest BCUT2D eigenvalue weighted by Gasteiger charge is -2.35. The molecule has 1 N–H and O–H groups in total. The Morgan fingerprint density at radius 2 is 2.00 bits per heavy atom. The van der Waals surface area contributed by atoms with Crippen molar-refractivity contribution >= 4 is 16.7 Å². The van der Waals surface area contributed by atoms with Crippen LogP contribution in [-0.4, -0.2) is 55.3 Å². The highest BCUT2D eigenvalue weighted by atomic mass is 16.5. The number of benzene rings is 1. The molecule has 8 nitrogen and oxygen atoms in total. The van der Waals surface area contributed by atoms with Gasteiger partial charge in [0.1, 0.15) is 6.33 Å². The molecule has 3 aromatic heterocycles. The van der Waals surface area contributed by atoms with E-state index in [0.717, 1.165) is 48.1 Å². The van der Waals surface area contributed by atoms with E-state index in [1.54, 1.807) is 11.6 Å². The minimum absolute atomic E-state index is 0.0308. The van der Waals surface area contributed by atoms with Crippen LogP contribution in [0.4, 0.5) is 0 Å². The van der Waals surface area contributed by atoms with Crippen LogP contribution >= 0.6 is 0 Å². The zero-order valence-corrected chi connectivity index (χ0v) is 20.0. The molecule has 1 saturated heterocycles. The number of aromatic amines is 1. The number of piperidine rings is 1. The quantitative estimate of drug-likeness (QED) is 0.495. The van der Waals surface area contributed by atoms with Gasteiger partial charge in [-0.2, -0.15) is 5.10 Å². The topological polar surface area (TPSA) is 80.5 Å². The van der Waals surface area contributed by atoms with Crippen molar-refractivity contribution in [2.24, 2.45) is 0 Å². The molecule has 0 saturated carbocycles. The third kappa shape index (κ3) is 3.72. The molecule has 0 bridgehead atoms. The molecule has 0 radical (unpaired) electrons. The van der Waals surface area contributed by atoms with Crippen molar-refractivity contribution in [3.63, 3.8) is 0 Å². The SMILES string of the molecule is COc1cc(-c2cc3[nH]c(=O)n([C@@H]4CCCN(C(C)C)C4)c3cc2C(C)C)cn2ncnc12. The fourth-order valence-corrected chi connectivity index (χ4v) is 5.14. The molecule has 5 rings (SSSR count). The summed E-state index contributed by atoms with van der Waals surface area (Å²) in [5.74, 6) is 0.945. The van der Waals surface area contributed by atoms with E-state index in [1.807, 2.05) is 16.8 Å². The van der Waals surface area contributed by atoms with E-state index in [4.69, 9.17) is 4.74 Å². The van der Waals surface area contributed by atoms with Gasteiger partial charge in [-0.15, -0.1) is 0 Å². The Morgan fingerprint density at radius 1 is 1.18 bits per heavy atom. The Hall–Kier alpha value is -3.13. The van der Waals surface area contributed by atoms with Crippen molar-refractivity contribution in [3.05, 3.63) is 46.8 Å². The standard InChI is InChI=1S/C25H32N6O2/c1-15(2)19-11-22-21(28-25(32)31(22)18-7-6-8-29(13-18)16(3)4)10-20(19)17-9-23(33-5)24-26-14-27-30(24)12-17/h9-12,14-16,18H,6-8,13H2,1-5H3,(H,28,32)/t18-/m1/s1. The van der Waals surface area contributed by atoms with E-state index in [9.17, 15) is 4.79 Å². The van der Waals surface area contributed by atoms with Gasteiger partial charge in [0.05, 0.1) is 24.2 Å². The third-order valence-corrected chi connectivity index (χ3v) is 6.91. The Morgan fingerprint density at radius 3 is 2.73 bits per heavy atom. The van der Waals surface area contributed by atoms with Gasteiger partial charge in [-0.05, 0) is 68.5 Å². The summed E-state index contributed by atoms with van der Waals surface area (Å²) in [5.41, 5.74) is 5.72. The van der Waals surface area contributed by atoms with Gasteiger partial charge in [-0.1, -0.05) is 13.8 Å². The van der Waals surface area contributed by atoms with Crippen molar-refractivity contribution in [2.75, 3.05) is 20.2 Å². The number of hydrogen-bond acceptors (Lipinski definition) is 5. The molecule has 1 aliphatic heterocycles. The van der Waals surface area contributed by atoms with Gasteiger partial charge in [-0.3, -0.25) is 9.47 Å². The van der Waals surface area contributed by atoms with E-state index in [1.165, 1.54) is 11.9 Å². The number of methoxy groups -OCH3 is 1. The average Bonchev–Trinajstić information content (AvgIpc) is 3.40. The summed E-state index contributed by atoms with van der Waals surface area (Å²) in [4.78, 5) is 23.0. The van der Waals surface area contributed by atoms with Crippen LogP contribution in [0.3, 0.4) is 0 Å². The normalized spacial score (nSPS) is 17.6. The molecule has 174 valence electrons. The van der Waals surface area contributed by atoms with Gasteiger partial charge in [0.2, 0.25) is 0 Å². The second-order valence-electron chi connectivity index (χ2n) is 9.62. The number of ether oxygens (including phenoxy) is 1. The van der Waals surface area contributed by atoms with Crippen LogP contribution in [-0.2, 0) is 0 Å². The molecule has 1 aliphatic rings. The minimum atomic E-state index is -0.0308. The van der Waals surface area contributed by atoms with Gasteiger partial charge >= 0.3 is 5.69 Å². The predicted octanol–water partition coefficient (Wildman–Crippen LogP) is 4.22. The highest BCUT2D eigenvalue weighted by molar-refractivity contribution is 5.85. The number of hydrogen-bond donors (Lipinski definition) is 1. The number of nitrogens with one attached hydrogen (secondary N) is 1. The zero-order valence-electron chi connectivity index (χ0n) is 20.0. The maximum Gasteiger partial charge on any atom is 0.326 e. The first-order valence-electron chi connectivity index (χ1n) is 11.8. The van der Waals surface area contributed by atoms with E-state index >= 15 is 0 Å². The summed E-state index contributed by atoms with van der Waals surface area (Å²) in [6.45, 7) is 10.8. The van der Waals surface area contributed by atoms with Crippen LogP contribution < -0.4 is 10.4 Å². The fourth-order valence-electron chi connectivity index (χ4n) is 5.14. The second-order valence-corrected chi connectivity index (χ2v) is 9.62. The van der Waals surface area contributed by atoms with E-state index in [-0.39, 0.29) is 17.6 Å². The average molecular weight is 449 g/mol. The van der Waals surface area contributed by atoms with Gasteiger partial charge in [-0.25, -0.2) is 14.3 Å². The minimum Gasteiger partial charge on any atom is -0.493 e. The lowest BCUT2D eigenvalue weighted by atomic mass is 9.92. The molecule has 0 amide bonds. The number of rotatable bonds is 5. The molecule has 4 aromatic rings. The first-order chi connectivity index (χ1) is 15.9. The van der Waals surface area contributed by atoms with Crippen LogP contribution in [0.5, 0.6) is 5.75 Å². The molecular weight excluding hydrogens is 416 g/mol. The first-order valence-corrected chi connectivity index (χ1v) is 11.8. The van der Waals surface area contributed by atoms with Crippen LogP contribution in [0, 0.1) is 0 Å². The van der Waals surface area contributed by atoms with Crippen LogP contribution in [0.15, 0.2) is 35.5 Å². The Bertz CT molecular complexity index is 1360. The van der Waals surface area contributed by atoms with Crippen LogP contribution in [0.1, 0.15) is 58.1 Å². The first kappa shape index (κ1) is 21.7. The van der Waals surface area contributed by atoms with E-state index in [0.29, 0.717) is 17.4 Å². The van der Waals surface area contributed by atoms with E-state index in [2.05, 4.69) is 59.8 Å². The number of aromatic nitrogens is 5. The summed E-state index contributed by atoms with van der Waals surface area (Å²) in [5, 5.41) is 4.31. The molecule has 1 fully saturated rings. The van der Waals surface area contributed by atoms with Crippen LogP contribution in [0.2, 0.25) is 0 Å². The summed E-state index contributed by atoms with van der Waals surface area (Å²) < 4.78 is 9.30. The van der Waals surface area contributed by atoms with Crippen molar-refractivity contribution in [3.8, 4) is 16.9 Å². The van der Waals surface area contributed by atoms with Gasteiger partial charge in [0, 0.05) is 24.3 Å². The van der Waals surface area contributed by atoms with Crippen molar-refractivity contribution < 1.29 is 4.74 Å². The highest BCUT2D eigenvalue weighted by Gasteiger charge is 2.26. The summed E-state index contributed by atoms with van der Waals surface area (Å²) in [6, 6.07) is 6.95. The molecular formula is C25H32N6O2.